The number of hydrogen-bond donors (Lipinski definition) is 1. The van der Waals surface area contributed by atoms with Crippen LogP contribution in [0.25, 0.3) is 0 Å². The van der Waals surface area contributed by atoms with Crippen LogP contribution in [0.1, 0.15) is 47.0 Å². The number of fused-ring (bicyclic) bond motifs is 2. The molecule has 0 amide bonds. The van der Waals surface area contributed by atoms with Gasteiger partial charge in [-0.25, -0.2) is 4.98 Å². The van der Waals surface area contributed by atoms with E-state index < -0.39 is 0 Å². The Morgan fingerprint density at radius 3 is 2.89 bits per heavy atom. The third-order valence-electron chi connectivity index (χ3n) is 4.39. The van der Waals surface area contributed by atoms with Crippen molar-refractivity contribution in [2.75, 3.05) is 0 Å². The molecule has 1 aromatic heterocycles. The molecule has 19 heavy (non-hydrogen) atoms. The molecule has 1 heterocycles. The minimum absolute atomic E-state index is 0.0871. The molecule has 1 aromatic carbocycles. The van der Waals surface area contributed by atoms with E-state index in [0.717, 1.165) is 49.2 Å². The van der Waals surface area contributed by atoms with Crippen LogP contribution in [0.15, 0.2) is 29.1 Å². The fourth-order valence-electron chi connectivity index (χ4n) is 3.29. The topological polar surface area (TPSA) is 45.8 Å². The molecule has 3 nitrogen and oxygen atoms in total. The van der Waals surface area contributed by atoms with Crippen LogP contribution in [0.4, 0.5) is 0 Å². The van der Waals surface area contributed by atoms with Crippen LogP contribution in [0.3, 0.4) is 0 Å². The number of aryl methyl sites for hydroxylation is 1. The molecular weight excluding hydrogens is 236 g/mol. The normalized spacial score (nSPS) is 20.3. The van der Waals surface area contributed by atoms with Crippen molar-refractivity contribution in [1.82, 2.24) is 9.97 Å². The van der Waals surface area contributed by atoms with Gasteiger partial charge in [0.05, 0.1) is 5.69 Å². The molecule has 0 bridgehead atoms. The Hall–Kier alpha value is -1.90. The molecule has 96 valence electrons. The fourth-order valence-corrected chi connectivity index (χ4v) is 3.29. The lowest BCUT2D eigenvalue weighted by Gasteiger charge is -2.29. The SMILES string of the molecule is O=c1[nH]c(C2Cc3ccccc32)nc2c1CCCC2. The molecule has 4 rings (SSSR count). The Morgan fingerprint density at radius 1 is 1.16 bits per heavy atom. The van der Waals surface area contributed by atoms with Crippen molar-refractivity contribution in [3.8, 4) is 0 Å². The highest BCUT2D eigenvalue weighted by Crippen LogP contribution is 2.38. The van der Waals surface area contributed by atoms with Gasteiger partial charge in [0.15, 0.2) is 0 Å². The zero-order valence-electron chi connectivity index (χ0n) is 10.8. The van der Waals surface area contributed by atoms with Crippen LogP contribution >= 0.6 is 0 Å². The molecule has 0 fully saturated rings. The molecular formula is C16H16N2O. The summed E-state index contributed by atoms with van der Waals surface area (Å²) >= 11 is 0. The van der Waals surface area contributed by atoms with E-state index in [0.29, 0.717) is 0 Å². The lowest BCUT2D eigenvalue weighted by atomic mass is 9.77. The molecule has 0 aliphatic heterocycles. The number of hydrogen-bond acceptors (Lipinski definition) is 2. The third-order valence-corrected chi connectivity index (χ3v) is 4.39. The predicted octanol–water partition coefficient (Wildman–Crippen LogP) is 2.34. The molecule has 1 atom stereocenters. The van der Waals surface area contributed by atoms with Crippen molar-refractivity contribution in [3.63, 3.8) is 0 Å². The summed E-state index contributed by atoms with van der Waals surface area (Å²) in [6, 6.07) is 8.42. The van der Waals surface area contributed by atoms with Crippen molar-refractivity contribution < 1.29 is 0 Å². The number of aromatic nitrogens is 2. The average molecular weight is 252 g/mol. The molecule has 1 unspecified atom stereocenters. The fraction of sp³-hybridized carbons (Fsp3) is 0.375. The van der Waals surface area contributed by atoms with Gasteiger partial charge in [-0.05, 0) is 43.2 Å². The molecule has 0 radical (unpaired) electrons. The van der Waals surface area contributed by atoms with Crippen LogP contribution < -0.4 is 5.56 Å². The average Bonchev–Trinajstić information content (AvgIpc) is 2.40. The number of benzene rings is 1. The number of rotatable bonds is 1. The van der Waals surface area contributed by atoms with E-state index in [-0.39, 0.29) is 11.5 Å². The molecule has 3 heteroatoms. The molecule has 0 spiro atoms. The quantitative estimate of drug-likeness (QED) is 0.846. The van der Waals surface area contributed by atoms with E-state index in [1.807, 2.05) is 0 Å². The number of aromatic amines is 1. The Labute approximate surface area is 111 Å². The van der Waals surface area contributed by atoms with Crippen LogP contribution in [0, 0.1) is 0 Å². The molecule has 0 saturated carbocycles. The first-order valence-electron chi connectivity index (χ1n) is 7.02. The second-order valence-electron chi connectivity index (χ2n) is 5.54. The van der Waals surface area contributed by atoms with Gasteiger partial charge in [-0.2, -0.15) is 0 Å². The largest absolute Gasteiger partial charge is 0.310 e. The number of nitrogens with one attached hydrogen (secondary N) is 1. The van der Waals surface area contributed by atoms with Gasteiger partial charge in [0, 0.05) is 11.5 Å². The van der Waals surface area contributed by atoms with Crippen LogP contribution in [0.5, 0.6) is 0 Å². The van der Waals surface area contributed by atoms with E-state index in [9.17, 15) is 4.79 Å². The second kappa shape index (κ2) is 4.05. The summed E-state index contributed by atoms with van der Waals surface area (Å²) < 4.78 is 0. The lowest BCUT2D eigenvalue weighted by molar-refractivity contribution is 0.610. The Morgan fingerprint density at radius 2 is 2.00 bits per heavy atom. The maximum atomic E-state index is 12.1. The van der Waals surface area contributed by atoms with Crippen molar-refractivity contribution in [2.24, 2.45) is 0 Å². The Balaban J connectivity index is 1.78. The Kier molecular flexibility index (Phi) is 2.34. The zero-order chi connectivity index (χ0) is 12.8. The first-order valence-corrected chi connectivity index (χ1v) is 7.02. The lowest BCUT2D eigenvalue weighted by Crippen LogP contribution is -2.28. The summed E-state index contributed by atoms with van der Waals surface area (Å²) in [7, 11) is 0. The molecule has 2 aliphatic rings. The smallest absolute Gasteiger partial charge is 0.254 e. The van der Waals surface area contributed by atoms with Gasteiger partial charge in [-0.3, -0.25) is 4.79 Å². The van der Waals surface area contributed by atoms with E-state index in [1.54, 1.807) is 0 Å². The van der Waals surface area contributed by atoms with Crippen molar-refractivity contribution in [3.05, 3.63) is 62.8 Å². The van der Waals surface area contributed by atoms with Crippen molar-refractivity contribution >= 4 is 0 Å². The van der Waals surface area contributed by atoms with E-state index in [1.165, 1.54) is 11.1 Å². The molecule has 0 saturated heterocycles. The standard InChI is InChI=1S/C16H16N2O/c19-16-12-7-3-4-8-14(12)17-15(18-16)13-9-10-5-1-2-6-11(10)13/h1-2,5-6,13H,3-4,7-9H2,(H,17,18,19). The highest BCUT2D eigenvalue weighted by molar-refractivity contribution is 5.44. The van der Waals surface area contributed by atoms with Gasteiger partial charge in [0.25, 0.3) is 5.56 Å². The van der Waals surface area contributed by atoms with Gasteiger partial charge in [-0.1, -0.05) is 24.3 Å². The first kappa shape index (κ1) is 11.0. The number of H-pyrrole nitrogens is 1. The summed E-state index contributed by atoms with van der Waals surface area (Å²) in [4.78, 5) is 19.9. The van der Waals surface area contributed by atoms with Gasteiger partial charge in [0.1, 0.15) is 5.82 Å². The van der Waals surface area contributed by atoms with Gasteiger partial charge < -0.3 is 4.98 Å². The van der Waals surface area contributed by atoms with Crippen LogP contribution in [-0.4, -0.2) is 9.97 Å². The van der Waals surface area contributed by atoms with E-state index in [4.69, 9.17) is 4.98 Å². The summed E-state index contributed by atoms with van der Waals surface area (Å²) in [6.45, 7) is 0. The van der Waals surface area contributed by atoms with Crippen molar-refractivity contribution in [2.45, 2.75) is 38.0 Å². The summed E-state index contributed by atoms with van der Waals surface area (Å²) in [5.41, 5.74) is 4.75. The summed E-state index contributed by atoms with van der Waals surface area (Å²) in [5.74, 6) is 1.15. The van der Waals surface area contributed by atoms with Gasteiger partial charge >= 0.3 is 0 Å². The first-order chi connectivity index (χ1) is 9.33. The summed E-state index contributed by atoms with van der Waals surface area (Å²) in [5, 5.41) is 0. The molecule has 2 aliphatic carbocycles. The van der Waals surface area contributed by atoms with E-state index in [2.05, 4.69) is 29.2 Å². The van der Waals surface area contributed by atoms with Gasteiger partial charge in [-0.15, -0.1) is 0 Å². The van der Waals surface area contributed by atoms with Gasteiger partial charge in [0.2, 0.25) is 0 Å². The molecule has 1 N–H and O–H groups in total. The monoisotopic (exact) mass is 252 g/mol. The maximum Gasteiger partial charge on any atom is 0.254 e. The maximum absolute atomic E-state index is 12.1. The minimum atomic E-state index is 0.0871. The zero-order valence-corrected chi connectivity index (χ0v) is 10.8. The third kappa shape index (κ3) is 1.65. The highest BCUT2D eigenvalue weighted by atomic mass is 16.1. The van der Waals surface area contributed by atoms with E-state index >= 15 is 0 Å². The highest BCUT2D eigenvalue weighted by Gasteiger charge is 2.30. The predicted molar refractivity (Wildman–Crippen MR) is 73.5 cm³/mol. The van der Waals surface area contributed by atoms with Crippen molar-refractivity contribution in [1.29, 1.82) is 0 Å². The number of nitrogens with zero attached hydrogens (tertiary/aromatic N) is 1. The van der Waals surface area contributed by atoms with Crippen LogP contribution in [0.2, 0.25) is 0 Å². The minimum Gasteiger partial charge on any atom is -0.310 e. The Bertz CT molecular complexity index is 702. The van der Waals surface area contributed by atoms with Crippen LogP contribution in [-0.2, 0) is 19.3 Å². The second-order valence-corrected chi connectivity index (χ2v) is 5.54. The summed E-state index contributed by atoms with van der Waals surface area (Å²) in [6.07, 6.45) is 5.12. The molecule has 2 aromatic rings.